The van der Waals surface area contributed by atoms with Gasteiger partial charge in [0.25, 0.3) is 0 Å². The Balaban J connectivity index is 2.29. The van der Waals surface area contributed by atoms with Crippen LogP contribution in [-0.2, 0) is 0 Å². The lowest BCUT2D eigenvalue weighted by Gasteiger charge is -2.30. The van der Waals surface area contributed by atoms with Gasteiger partial charge >= 0.3 is 0 Å². The zero-order valence-corrected chi connectivity index (χ0v) is 12.4. The lowest BCUT2D eigenvalue weighted by Crippen LogP contribution is -2.32. The highest BCUT2D eigenvalue weighted by Crippen LogP contribution is 2.38. The Kier molecular flexibility index (Phi) is 3.79. The van der Waals surface area contributed by atoms with Gasteiger partial charge in [0, 0.05) is 29.3 Å². The third-order valence-electron chi connectivity index (χ3n) is 3.78. The van der Waals surface area contributed by atoms with Crippen LogP contribution >= 0.6 is 15.9 Å². The van der Waals surface area contributed by atoms with Gasteiger partial charge in [0.05, 0.1) is 0 Å². The molecule has 0 saturated heterocycles. The van der Waals surface area contributed by atoms with E-state index in [1.54, 1.807) is 0 Å². The van der Waals surface area contributed by atoms with Gasteiger partial charge in [-0.15, -0.1) is 0 Å². The second kappa shape index (κ2) is 4.99. The molecule has 2 nitrogen and oxygen atoms in total. The minimum absolute atomic E-state index is 0.0661. The molecule has 1 fully saturated rings. The maximum atomic E-state index is 6.07. The van der Waals surface area contributed by atoms with Gasteiger partial charge in [-0.25, -0.2) is 0 Å². The predicted octanol–water partition coefficient (Wildman–Crippen LogP) is 3.70. The molecule has 2 atom stereocenters. The summed E-state index contributed by atoms with van der Waals surface area (Å²) < 4.78 is 1.10. The van der Waals surface area contributed by atoms with Crippen LogP contribution in [0.1, 0.15) is 38.3 Å². The van der Waals surface area contributed by atoms with Gasteiger partial charge in [0.15, 0.2) is 0 Å². The Morgan fingerprint density at radius 1 is 1.35 bits per heavy atom. The molecule has 0 radical (unpaired) electrons. The van der Waals surface area contributed by atoms with Crippen LogP contribution in [0.3, 0.4) is 0 Å². The molecule has 1 aromatic rings. The van der Waals surface area contributed by atoms with E-state index in [0.29, 0.717) is 6.04 Å². The Bertz CT molecular complexity index is 399. The van der Waals surface area contributed by atoms with E-state index in [9.17, 15) is 0 Å². The van der Waals surface area contributed by atoms with Crippen molar-refractivity contribution in [1.82, 2.24) is 0 Å². The van der Waals surface area contributed by atoms with Gasteiger partial charge in [-0.05, 0) is 56.4 Å². The van der Waals surface area contributed by atoms with Gasteiger partial charge in [0.1, 0.15) is 0 Å². The molecule has 17 heavy (non-hydrogen) atoms. The Morgan fingerprint density at radius 3 is 2.53 bits per heavy atom. The number of halogens is 1. The number of rotatable bonds is 4. The highest BCUT2D eigenvalue weighted by atomic mass is 79.9. The van der Waals surface area contributed by atoms with Crippen LogP contribution in [0.25, 0.3) is 0 Å². The zero-order chi connectivity index (χ0) is 12.6. The first-order chi connectivity index (χ1) is 8.00. The average Bonchev–Trinajstić information content (AvgIpc) is 3.10. The molecule has 3 heteroatoms. The van der Waals surface area contributed by atoms with E-state index in [4.69, 9.17) is 5.73 Å². The molecule has 0 aliphatic heterocycles. The number of benzene rings is 1. The molecule has 94 valence electrons. The van der Waals surface area contributed by atoms with Crippen molar-refractivity contribution >= 4 is 21.6 Å². The summed E-state index contributed by atoms with van der Waals surface area (Å²) in [6.45, 7) is 4.35. The van der Waals surface area contributed by atoms with E-state index < -0.39 is 0 Å². The van der Waals surface area contributed by atoms with Crippen molar-refractivity contribution in [1.29, 1.82) is 0 Å². The van der Waals surface area contributed by atoms with Gasteiger partial charge in [-0.2, -0.15) is 0 Å². The van der Waals surface area contributed by atoms with E-state index in [-0.39, 0.29) is 6.04 Å². The Labute approximate surface area is 112 Å². The number of hydrogen-bond donors (Lipinski definition) is 1. The highest BCUT2D eigenvalue weighted by Gasteiger charge is 2.31. The van der Waals surface area contributed by atoms with Crippen molar-refractivity contribution < 1.29 is 0 Å². The van der Waals surface area contributed by atoms with Gasteiger partial charge < -0.3 is 10.6 Å². The summed E-state index contributed by atoms with van der Waals surface area (Å²) in [5, 5.41) is 0. The lowest BCUT2D eigenvalue weighted by molar-refractivity contribution is 0.605. The van der Waals surface area contributed by atoms with E-state index in [1.165, 1.54) is 24.1 Å². The standard InChI is InChI=1S/C14H21BrN2/c1-9(16)13-8-12(15)6-7-14(13)17(3)10(2)11-4-5-11/h6-11H,4-5,16H2,1-3H3. The van der Waals surface area contributed by atoms with Crippen molar-refractivity contribution in [2.45, 2.75) is 38.8 Å². The Morgan fingerprint density at radius 2 is 2.00 bits per heavy atom. The van der Waals surface area contributed by atoms with Gasteiger partial charge in [-0.3, -0.25) is 0 Å². The summed E-state index contributed by atoms with van der Waals surface area (Å²) in [6.07, 6.45) is 2.74. The lowest BCUT2D eigenvalue weighted by atomic mass is 10.0. The molecule has 1 aliphatic rings. The molecule has 1 saturated carbocycles. The first kappa shape index (κ1) is 12.9. The first-order valence-electron chi connectivity index (χ1n) is 6.28. The topological polar surface area (TPSA) is 29.3 Å². The van der Waals surface area contributed by atoms with E-state index in [0.717, 1.165) is 10.4 Å². The summed E-state index contributed by atoms with van der Waals surface area (Å²) in [7, 11) is 2.18. The third kappa shape index (κ3) is 2.83. The monoisotopic (exact) mass is 296 g/mol. The van der Waals surface area contributed by atoms with Crippen molar-refractivity contribution in [2.75, 3.05) is 11.9 Å². The van der Waals surface area contributed by atoms with Crippen molar-refractivity contribution in [2.24, 2.45) is 11.7 Å². The van der Waals surface area contributed by atoms with E-state index in [1.807, 2.05) is 6.92 Å². The normalized spacial score (nSPS) is 18.9. The minimum atomic E-state index is 0.0661. The summed E-state index contributed by atoms with van der Waals surface area (Å²) in [4.78, 5) is 2.38. The molecule has 1 aliphatic carbocycles. The van der Waals surface area contributed by atoms with E-state index >= 15 is 0 Å². The van der Waals surface area contributed by atoms with Crippen LogP contribution < -0.4 is 10.6 Å². The van der Waals surface area contributed by atoms with Crippen LogP contribution in [0.2, 0.25) is 0 Å². The highest BCUT2D eigenvalue weighted by molar-refractivity contribution is 9.10. The van der Waals surface area contributed by atoms with Crippen LogP contribution in [0, 0.1) is 5.92 Å². The molecule has 2 unspecified atom stereocenters. The fourth-order valence-corrected chi connectivity index (χ4v) is 2.70. The number of nitrogens with zero attached hydrogens (tertiary/aromatic N) is 1. The second-order valence-electron chi connectivity index (χ2n) is 5.18. The molecule has 0 amide bonds. The van der Waals surface area contributed by atoms with Gasteiger partial charge in [-0.1, -0.05) is 15.9 Å². The molecular formula is C14H21BrN2. The third-order valence-corrected chi connectivity index (χ3v) is 4.27. The molecular weight excluding hydrogens is 276 g/mol. The molecule has 0 bridgehead atoms. The molecule has 1 aromatic carbocycles. The van der Waals surface area contributed by atoms with Crippen LogP contribution in [-0.4, -0.2) is 13.1 Å². The smallest absolute Gasteiger partial charge is 0.0415 e. The van der Waals surface area contributed by atoms with Crippen LogP contribution in [0.5, 0.6) is 0 Å². The fraction of sp³-hybridized carbons (Fsp3) is 0.571. The first-order valence-corrected chi connectivity index (χ1v) is 7.08. The maximum Gasteiger partial charge on any atom is 0.0415 e. The van der Waals surface area contributed by atoms with Crippen LogP contribution in [0.15, 0.2) is 22.7 Å². The van der Waals surface area contributed by atoms with Crippen molar-refractivity contribution in [3.05, 3.63) is 28.2 Å². The summed E-state index contributed by atoms with van der Waals surface area (Å²) in [5.41, 5.74) is 8.55. The number of anilines is 1. The van der Waals surface area contributed by atoms with E-state index in [2.05, 4.69) is 53.0 Å². The molecule has 0 spiro atoms. The van der Waals surface area contributed by atoms with Crippen molar-refractivity contribution in [3.63, 3.8) is 0 Å². The summed E-state index contributed by atoms with van der Waals surface area (Å²) in [5.74, 6) is 0.865. The fourth-order valence-electron chi connectivity index (χ4n) is 2.33. The molecule has 2 rings (SSSR count). The Hall–Kier alpha value is -0.540. The quantitative estimate of drug-likeness (QED) is 0.918. The number of hydrogen-bond acceptors (Lipinski definition) is 2. The molecule has 2 N–H and O–H groups in total. The number of nitrogens with two attached hydrogens (primary N) is 1. The maximum absolute atomic E-state index is 6.07. The second-order valence-corrected chi connectivity index (χ2v) is 6.10. The van der Waals surface area contributed by atoms with Gasteiger partial charge in [0.2, 0.25) is 0 Å². The van der Waals surface area contributed by atoms with Crippen molar-refractivity contribution in [3.8, 4) is 0 Å². The summed E-state index contributed by atoms with van der Waals surface area (Å²) >= 11 is 3.52. The SMILES string of the molecule is CC(N)c1cc(Br)ccc1N(C)C(C)C1CC1. The molecule has 0 heterocycles. The molecule has 0 aromatic heterocycles. The summed E-state index contributed by atoms with van der Waals surface area (Å²) in [6, 6.07) is 7.07. The zero-order valence-electron chi connectivity index (χ0n) is 10.8. The minimum Gasteiger partial charge on any atom is -0.371 e. The van der Waals surface area contributed by atoms with Crippen LogP contribution in [0.4, 0.5) is 5.69 Å². The largest absolute Gasteiger partial charge is 0.371 e. The average molecular weight is 297 g/mol. The predicted molar refractivity (Wildman–Crippen MR) is 77.3 cm³/mol.